The lowest BCUT2D eigenvalue weighted by molar-refractivity contribution is -0.166. The molecule has 2 fully saturated rings. The van der Waals surface area contributed by atoms with E-state index < -0.39 is 78.4 Å². The van der Waals surface area contributed by atoms with Gasteiger partial charge in [0.25, 0.3) is 5.91 Å². The summed E-state index contributed by atoms with van der Waals surface area (Å²) in [4.78, 5) is 40.7. The number of carbonyl (C=O) groups excluding carboxylic acids is 2. The fourth-order valence-electron chi connectivity index (χ4n) is 5.52. The van der Waals surface area contributed by atoms with Crippen molar-refractivity contribution in [3.05, 3.63) is 66.0 Å². The lowest BCUT2D eigenvalue weighted by Crippen LogP contribution is -2.53. The van der Waals surface area contributed by atoms with Crippen molar-refractivity contribution in [3.63, 3.8) is 0 Å². The van der Waals surface area contributed by atoms with Gasteiger partial charge in [0.05, 0.1) is 11.0 Å². The molecule has 2 aliphatic rings. The van der Waals surface area contributed by atoms with Gasteiger partial charge in [-0.1, -0.05) is 30.3 Å². The van der Waals surface area contributed by atoms with Crippen molar-refractivity contribution in [2.75, 3.05) is 18.0 Å². The number of carbonyl (C=O) groups is 3. The van der Waals surface area contributed by atoms with Crippen molar-refractivity contribution >= 4 is 23.5 Å². The van der Waals surface area contributed by atoms with E-state index in [9.17, 15) is 41.4 Å². The van der Waals surface area contributed by atoms with Crippen molar-refractivity contribution in [2.24, 2.45) is 5.41 Å². The van der Waals surface area contributed by atoms with E-state index in [1.54, 1.807) is 30.3 Å². The molecule has 2 amide bonds. The van der Waals surface area contributed by atoms with Crippen LogP contribution in [0.2, 0.25) is 0 Å². The zero-order valence-corrected chi connectivity index (χ0v) is 21.1. The zero-order valence-electron chi connectivity index (χ0n) is 21.1. The van der Waals surface area contributed by atoms with Crippen LogP contribution < -0.4 is 4.90 Å². The van der Waals surface area contributed by atoms with E-state index in [2.05, 4.69) is 0 Å². The molecular formula is C28H29F5N2O4. The SMILES string of the molecule is O=C(CC1(C(=O)O)CCN(C(=O)C(F)(F)c2ccccc2F)CC1)N(c1ccccc1)C1CCCC(F)(F)C1. The van der Waals surface area contributed by atoms with Crippen LogP contribution in [0.25, 0.3) is 0 Å². The summed E-state index contributed by atoms with van der Waals surface area (Å²) >= 11 is 0. The number of hydrogen-bond acceptors (Lipinski definition) is 3. The van der Waals surface area contributed by atoms with Crippen molar-refractivity contribution in [2.45, 2.75) is 62.8 Å². The van der Waals surface area contributed by atoms with Crippen molar-refractivity contribution < 1.29 is 41.4 Å². The number of amides is 2. The molecule has 1 heterocycles. The molecule has 210 valence electrons. The van der Waals surface area contributed by atoms with E-state index in [1.807, 2.05) is 0 Å². The number of benzene rings is 2. The number of alkyl halides is 4. The molecule has 6 nitrogen and oxygen atoms in total. The number of carboxylic acid groups (broad SMARTS) is 1. The van der Waals surface area contributed by atoms with E-state index >= 15 is 0 Å². The maximum atomic E-state index is 14.8. The smallest absolute Gasteiger partial charge is 0.352 e. The van der Waals surface area contributed by atoms with Gasteiger partial charge < -0.3 is 14.9 Å². The minimum absolute atomic E-state index is 0.200. The lowest BCUT2D eigenvalue weighted by atomic mass is 9.75. The Morgan fingerprint density at radius 3 is 2.18 bits per heavy atom. The molecule has 4 rings (SSSR count). The fourth-order valence-corrected chi connectivity index (χ4v) is 5.52. The van der Waals surface area contributed by atoms with Crippen LogP contribution in [0.3, 0.4) is 0 Å². The van der Waals surface area contributed by atoms with Gasteiger partial charge >= 0.3 is 11.9 Å². The molecule has 2 aromatic rings. The summed E-state index contributed by atoms with van der Waals surface area (Å²) < 4.78 is 72.2. The number of halogens is 5. The van der Waals surface area contributed by atoms with Crippen LogP contribution >= 0.6 is 0 Å². The van der Waals surface area contributed by atoms with Gasteiger partial charge in [-0.05, 0) is 49.9 Å². The normalized spacial score (nSPS) is 20.7. The number of para-hydroxylation sites is 1. The van der Waals surface area contributed by atoms with Crippen LogP contribution in [0.1, 0.15) is 50.5 Å². The molecule has 1 atom stereocenters. The maximum absolute atomic E-state index is 14.8. The van der Waals surface area contributed by atoms with E-state index in [0.717, 1.165) is 17.0 Å². The third kappa shape index (κ3) is 5.91. The standard InChI is InChI=1S/C28H29F5N2O4/c29-22-11-5-4-10-21(22)28(32,33)24(37)34-15-13-26(14-16-34,25(38)39)18-23(36)35(19-7-2-1-3-8-19)20-9-6-12-27(30,31)17-20/h1-5,7-8,10-11,20H,6,9,12-18H2,(H,38,39). The molecule has 1 aliphatic heterocycles. The number of aliphatic carboxylic acids is 1. The van der Waals surface area contributed by atoms with E-state index in [1.165, 1.54) is 17.0 Å². The van der Waals surface area contributed by atoms with E-state index in [4.69, 9.17) is 0 Å². The molecule has 2 aromatic carbocycles. The highest BCUT2D eigenvalue weighted by Crippen LogP contribution is 2.42. The van der Waals surface area contributed by atoms with Crippen LogP contribution in [-0.2, 0) is 20.3 Å². The van der Waals surface area contributed by atoms with Crippen LogP contribution in [0, 0.1) is 11.2 Å². The lowest BCUT2D eigenvalue weighted by Gasteiger charge is -2.42. The number of nitrogens with zero attached hydrogens (tertiary/aromatic N) is 2. The van der Waals surface area contributed by atoms with Crippen molar-refractivity contribution in [3.8, 4) is 0 Å². The van der Waals surface area contributed by atoms with Gasteiger partial charge in [0.1, 0.15) is 5.82 Å². The second-order valence-corrected chi connectivity index (χ2v) is 10.3. The Kier molecular flexibility index (Phi) is 7.99. The first-order valence-electron chi connectivity index (χ1n) is 12.8. The second kappa shape index (κ2) is 10.9. The third-order valence-corrected chi connectivity index (χ3v) is 7.71. The molecule has 0 bridgehead atoms. The summed E-state index contributed by atoms with van der Waals surface area (Å²) in [6.45, 7) is -0.787. The molecule has 1 N–H and O–H groups in total. The number of anilines is 1. The van der Waals surface area contributed by atoms with Crippen LogP contribution in [0.15, 0.2) is 54.6 Å². The summed E-state index contributed by atoms with van der Waals surface area (Å²) in [5.41, 5.74) is -2.41. The van der Waals surface area contributed by atoms with E-state index in [-0.39, 0.29) is 25.7 Å². The number of carboxylic acids is 1. The Labute approximate surface area is 222 Å². The largest absolute Gasteiger partial charge is 0.481 e. The highest BCUT2D eigenvalue weighted by atomic mass is 19.3. The van der Waals surface area contributed by atoms with Gasteiger partial charge in [-0.2, -0.15) is 8.78 Å². The summed E-state index contributed by atoms with van der Waals surface area (Å²) in [6.07, 6.45) is -1.49. The molecule has 0 radical (unpaired) electrons. The molecule has 0 spiro atoms. The van der Waals surface area contributed by atoms with Gasteiger partial charge in [-0.3, -0.25) is 14.4 Å². The minimum Gasteiger partial charge on any atom is -0.481 e. The average Bonchev–Trinajstić information content (AvgIpc) is 2.89. The Bertz CT molecular complexity index is 1220. The van der Waals surface area contributed by atoms with Gasteiger partial charge in [0.2, 0.25) is 11.8 Å². The quantitative estimate of drug-likeness (QED) is 0.453. The predicted octanol–water partition coefficient (Wildman–Crippen LogP) is 5.61. The summed E-state index contributed by atoms with van der Waals surface area (Å²) in [5, 5.41) is 10.1. The Morgan fingerprint density at radius 2 is 1.59 bits per heavy atom. The Morgan fingerprint density at radius 1 is 0.974 bits per heavy atom. The highest BCUT2D eigenvalue weighted by molar-refractivity contribution is 5.97. The number of rotatable bonds is 7. The molecule has 1 saturated heterocycles. The van der Waals surface area contributed by atoms with Crippen LogP contribution in [0.5, 0.6) is 0 Å². The Hall–Kier alpha value is -3.50. The first-order chi connectivity index (χ1) is 18.4. The number of piperidine rings is 1. The van der Waals surface area contributed by atoms with Crippen molar-refractivity contribution in [1.82, 2.24) is 4.90 Å². The third-order valence-electron chi connectivity index (χ3n) is 7.71. The fraction of sp³-hybridized carbons (Fsp3) is 0.464. The highest BCUT2D eigenvalue weighted by Gasteiger charge is 2.51. The van der Waals surface area contributed by atoms with Crippen molar-refractivity contribution in [1.29, 1.82) is 0 Å². The van der Waals surface area contributed by atoms with Crippen LogP contribution in [-0.4, -0.2) is 52.8 Å². The van der Waals surface area contributed by atoms with E-state index in [0.29, 0.717) is 12.1 Å². The first kappa shape index (κ1) is 28.5. The van der Waals surface area contributed by atoms with Gasteiger partial charge in [-0.25, -0.2) is 13.2 Å². The molecular weight excluding hydrogens is 523 g/mol. The molecule has 1 unspecified atom stereocenters. The molecule has 0 aromatic heterocycles. The molecule has 1 saturated carbocycles. The maximum Gasteiger partial charge on any atom is 0.352 e. The number of hydrogen-bond donors (Lipinski definition) is 1. The zero-order chi connectivity index (χ0) is 28.4. The Balaban J connectivity index is 1.53. The summed E-state index contributed by atoms with van der Waals surface area (Å²) in [6, 6.07) is 11.3. The summed E-state index contributed by atoms with van der Waals surface area (Å²) in [5.74, 6) is -12.0. The van der Waals surface area contributed by atoms with Gasteiger partial charge in [0.15, 0.2) is 0 Å². The summed E-state index contributed by atoms with van der Waals surface area (Å²) in [7, 11) is 0. The number of likely N-dealkylation sites (tertiary alicyclic amines) is 1. The predicted molar refractivity (Wildman–Crippen MR) is 132 cm³/mol. The van der Waals surface area contributed by atoms with Crippen LogP contribution in [0.4, 0.5) is 27.6 Å². The molecule has 11 heteroatoms. The molecule has 1 aliphatic carbocycles. The topological polar surface area (TPSA) is 77.9 Å². The first-order valence-corrected chi connectivity index (χ1v) is 12.8. The van der Waals surface area contributed by atoms with Gasteiger partial charge in [0, 0.05) is 44.1 Å². The second-order valence-electron chi connectivity index (χ2n) is 10.3. The molecule has 39 heavy (non-hydrogen) atoms. The monoisotopic (exact) mass is 552 g/mol. The average molecular weight is 553 g/mol. The van der Waals surface area contributed by atoms with Gasteiger partial charge in [-0.15, -0.1) is 0 Å². The minimum atomic E-state index is -4.17.